The molecule has 3 fully saturated rings. The molecule has 1 saturated heterocycles. The van der Waals surface area contributed by atoms with Crippen molar-refractivity contribution in [3.05, 3.63) is 0 Å². The second kappa shape index (κ2) is 6.26. The molecule has 1 aliphatic heterocycles. The Morgan fingerprint density at radius 3 is 2.55 bits per heavy atom. The molecule has 2 atom stereocenters. The van der Waals surface area contributed by atoms with Gasteiger partial charge in [-0.2, -0.15) is 0 Å². The van der Waals surface area contributed by atoms with Crippen molar-refractivity contribution in [3.63, 3.8) is 0 Å². The van der Waals surface area contributed by atoms with E-state index in [0.717, 1.165) is 38.5 Å². The van der Waals surface area contributed by atoms with Crippen LogP contribution in [0.15, 0.2) is 0 Å². The lowest BCUT2D eigenvalue weighted by Gasteiger charge is -2.24. The van der Waals surface area contributed by atoms with Gasteiger partial charge in [0.2, 0.25) is 5.91 Å². The largest absolute Gasteiger partial charge is 0.452 e. The minimum atomic E-state index is -0.788. The molecule has 1 N–H and O–H groups in total. The molecule has 0 aromatic rings. The first kappa shape index (κ1) is 15.3. The number of rotatable bonds is 5. The second-order valence-corrected chi connectivity index (χ2v) is 6.75. The fourth-order valence-corrected chi connectivity index (χ4v) is 3.33. The van der Waals surface area contributed by atoms with Crippen LogP contribution >= 0.6 is 0 Å². The van der Waals surface area contributed by atoms with E-state index >= 15 is 0 Å². The van der Waals surface area contributed by atoms with E-state index in [2.05, 4.69) is 5.32 Å². The van der Waals surface area contributed by atoms with E-state index in [1.54, 1.807) is 6.92 Å². The van der Waals surface area contributed by atoms with Gasteiger partial charge in [-0.25, -0.2) is 0 Å². The van der Waals surface area contributed by atoms with Crippen LogP contribution in [0.25, 0.3) is 0 Å². The molecular weight excluding hydrogens is 284 g/mol. The highest BCUT2D eigenvalue weighted by Crippen LogP contribution is 2.30. The summed E-state index contributed by atoms with van der Waals surface area (Å²) < 4.78 is 5.25. The molecule has 0 radical (unpaired) electrons. The van der Waals surface area contributed by atoms with Gasteiger partial charge in [-0.1, -0.05) is 12.8 Å². The summed E-state index contributed by atoms with van der Waals surface area (Å²) in [4.78, 5) is 37.9. The van der Waals surface area contributed by atoms with E-state index in [-0.39, 0.29) is 24.3 Å². The van der Waals surface area contributed by atoms with Gasteiger partial charge in [-0.05, 0) is 32.6 Å². The quantitative estimate of drug-likeness (QED) is 0.769. The molecule has 2 saturated carbocycles. The molecule has 0 unspecified atom stereocenters. The van der Waals surface area contributed by atoms with Crippen LogP contribution in [-0.4, -0.2) is 47.4 Å². The van der Waals surface area contributed by atoms with Crippen molar-refractivity contribution in [2.45, 2.75) is 70.1 Å². The molecule has 0 aromatic carbocycles. The Kier molecular flexibility index (Phi) is 4.36. The van der Waals surface area contributed by atoms with E-state index in [1.807, 2.05) is 4.90 Å². The number of amides is 2. The summed E-state index contributed by atoms with van der Waals surface area (Å²) in [5.41, 5.74) is 0. The van der Waals surface area contributed by atoms with Crippen molar-refractivity contribution in [1.29, 1.82) is 0 Å². The highest BCUT2D eigenvalue weighted by Gasteiger charge is 2.40. The second-order valence-electron chi connectivity index (χ2n) is 6.75. The zero-order valence-corrected chi connectivity index (χ0v) is 13.0. The summed E-state index contributed by atoms with van der Waals surface area (Å²) in [6.45, 7) is 2.03. The summed E-state index contributed by atoms with van der Waals surface area (Å²) in [6.07, 6.45) is 5.81. The lowest BCUT2D eigenvalue weighted by atomic mass is 10.1. The van der Waals surface area contributed by atoms with E-state index in [9.17, 15) is 14.4 Å². The molecular formula is C16H24N2O4. The van der Waals surface area contributed by atoms with Crippen LogP contribution in [0, 0.1) is 5.92 Å². The number of likely N-dealkylation sites (tertiary alicyclic amines) is 1. The molecule has 0 bridgehead atoms. The molecule has 6 heteroatoms. The van der Waals surface area contributed by atoms with Crippen molar-refractivity contribution in [2.75, 3.05) is 6.54 Å². The van der Waals surface area contributed by atoms with Crippen molar-refractivity contribution in [3.8, 4) is 0 Å². The number of carbonyl (C=O) groups excluding carboxylic acids is 3. The zero-order chi connectivity index (χ0) is 15.7. The van der Waals surface area contributed by atoms with Gasteiger partial charge in [-0.3, -0.25) is 14.4 Å². The van der Waals surface area contributed by atoms with Crippen LogP contribution < -0.4 is 5.32 Å². The number of nitrogens with zero attached hydrogens (tertiary/aromatic N) is 1. The minimum absolute atomic E-state index is 0.0453. The van der Waals surface area contributed by atoms with Crippen molar-refractivity contribution < 1.29 is 19.1 Å². The van der Waals surface area contributed by atoms with E-state index in [1.165, 1.54) is 0 Å². The summed E-state index contributed by atoms with van der Waals surface area (Å²) in [5, 5.41) is 2.82. The van der Waals surface area contributed by atoms with Crippen LogP contribution in [-0.2, 0) is 19.1 Å². The van der Waals surface area contributed by atoms with Gasteiger partial charge in [0.1, 0.15) is 0 Å². The fraction of sp³-hybridized carbons (Fsp3) is 0.812. The van der Waals surface area contributed by atoms with Gasteiger partial charge in [-0.15, -0.1) is 0 Å². The number of hydrogen-bond acceptors (Lipinski definition) is 4. The monoisotopic (exact) mass is 308 g/mol. The van der Waals surface area contributed by atoms with Gasteiger partial charge >= 0.3 is 5.97 Å². The van der Waals surface area contributed by atoms with Gasteiger partial charge in [0.25, 0.3) is 5.91 Å². The van der Waals surface area contributed by atoms with Crippen LogP contribution in [0.3, 0.4) is 0 Å². The standard InChI is InChI=1S/C16H24N2O4/c1-10(15(20)17-12-6-7-12)22-16(21)11-8-14(19)18(9-11)13-4-2-3-5-13/h10-13H,2-9H2,1H3,(H,17,20)/t10-,11+/m0/s1. The number of hydrogen-bond donors (Lipinski definition) is 1. The number of ether oxygens (including phenoxy) is 1. The third-order valence-electron chi connectivity index (χ3n) is 4.84. The summed E-state index contributed by atoms with van der Waals surface area (Å²) in [6, 6.07) is 0.542. The third-order valence-corrected chi connectivity index (χ3v) is 4.84. The highest BCUT2D eigenvalue weighted by molar-refractivity contribution is 5.89. The smallest absolute Gasteiger partial charge is 0.312 e. The molecule has 3 rings (SSSR count). The van der Waals surface area contributed by atoms with E-state index in [4.69, 9.17) is 4.74 Å². The molecule has 122 valence electrons. The maximum atomic E-state index is 12.2. The topological polar surface area (TPSA) is 75.7 Å². The maximum Gasteiger partial charge on any atom is 0.312 e. The average molecular weight is 308 g/mol. The molecule has 6 nitrogen and oxygen atoms in total. The lowest BCUT2D eigenvalue weighted by Crippen LogP contribution is -2.39. The fourth-order valence-electron chi connectivity index (χ4n) is 3.33. The Morgan fingerprint density at radius 1 is 1.23 bits per heavy atom. The highest BCUT2D eigenvalue weighted by atomic mass is 16.5. The van der Waals surface area contributed by atoms with Crippen molar-refractivity contribution in [2.24, 2.45) is 5.92 Å². The van der Waals surface area contributed by atoms with Crippen LogP contribution in [0.5, 0.6) is 0 Å². The molecule has 0 aromatic heterocycles. The maximum absolute atomic E-state index is 12.2. The first-order chi connectivity index (χ1) is 10.5. The normalized spacial score (nSPS) is 27.0. The van der Waals surface area contributed by atoms with E-state index in [0.29, 0.717) is 12.6 Å². The first-order valence-corrected chi connectivity index (χ1v) is 8.35. The molecule has 2 amide bonds. The molecule has 0 spiro atoms. The van der Waals surface area contributed by atoms with Crippen LogP contribution in [0.4, 0.5) is 0 Å². The Balaban J connectivity index is 1.49. The van der Waals surface area contributed by atoms with Gasteiger partial charge in [0.15, 0.2) is 6.10 Å². The number of nitrogens with one attached hydrogen (secondary N) is 1. The molecule has 3 aliphatic rings. The number of esters is 1. The Hall–Kier alpha value is -1.59. The van der Waals surface area contributed by atoms with Gasteiger partial charge < -0.3 is 15.0 Å². The predicted octanol–water partition coefficient (Wildman–Crippen LogP) is 0.988. The van der Waals surface area contributed by atoms with Crippen molar-refractivity contribution >= 4 is 17.8 Å². The Labute approximate surface area is 130 Å². The Bertz CT molecular complexity index is 469. The zero-order valence-electron chi connectivity index (χ0n) is 13.0. The lowest BCUT2D eigenvalue weighted by molar-refractivity contribution is -0.158. The third kappa shape index (κ3) is 3.42. The summed E-state index contributed by atoms with van der Waals surface area (Å²) in [7, 11) is 0. The van der Waals surface area contributed by atoms with Crippen LogP contribution in [0.2, 0.25) is 0 Å². The minimum Gasteiger partial charge on any atom is -0.452 e. The first-order valence-electron chi connectivity index (χ1n) is 8.35. The predicted molar refractivity (Wildman–Crippen MR) is 78.8 cm³/mol. The molecule has 22 heavy (non-hydrogen) atoms. The molecule has 2 aliphatic carbocycles. The Morgan fingerprint density at radius 2 is 1.91 bits per heavy atom. The van der Waals surface area contributed by atoms with E-state index < -0.39 is 18.0 Å². The van der Waals surface area contributed by atoms with Gasteiger partial charge in [0.05, 0.1) is 5.92 Å². The SMILES string of the molecule is C[C@H](OC(=O)[C@@H]1CC(=O)N(C2CCCC2)C1)C(=O)NC1CC1. The van der Waals surface area contributed by atoms with Crippen LogP contribution in [0.1, 0.15) is 51.9 Å². The molecule has 1 heterocycles. The summed E-state index contributed by atoms with van der Waals surface area (Å²) >= 11 is 0. The number of carbonyl (C=O) groups is 3. The average Bonchev–Trinajstić information content (AvgIpc) is 2.99. The summed E-state index contributed by atoms with van der Waals surface area (Å²) in [5.74, 6) is -1.05. The van der Waals surface area contributed by atoms with Crippen molar-refractivity contribution in [1.82, 2.24) is 10.2 Å². The van der Waals surface area contributed by atoms with Gasteiger partial charge in [0, 0.05) is 25.0 Å².